The van der Waals surface area contributed by atoms with Crippen LogP contribution in [0.4, 0.5) is 4.79 Å². The quantitative estimate of drug-likeness (QED) is 0.479. The minimum Gasteiger partial charge on any atom is -0.467 e. The van der Waals surface area contributed by atoms with Crippen LogP contribution in [0.2, 0.25) is 5.02 Å². The number of benzene rings is 2. The molecule has 3 rings (SSSR count). The van der Waals surface area contributed by atoms with E-state index in [1.54, 1.807) is 39.0 Å². The number of amides is 4. The van der Waals surface area contributed by atoms with E-state index in [9.17, 15) is 19.2 Å². The minimum atomic E-state index is -1.80. The van der Waals surface area contributed by atoms with Gasteiger partial charge in [0.25, 0.3) is 11.8 Å². The Morgan fingerprint density at radius 2 is 1.76 bits per heavy atom. The lowest BCUT2D eigenvalue weighted by molar-refractivity contribution is -0.156. The van der Waals surface area contributed by atoms with E-state index >= 15 is 0 Å². The van der Waals surface area contributed by atoms with Crippen LogP contribution < -0.4 is 5.32 Å². The van der Waals surface area contributed by atoms with Gasteiger partial charge in [-0.05, 0) is 24.1 Å². The molecule has 2 aromatic rings. The number of nitrogens with one attached hydrogen (secondary N) is 1. The molecule has 1 aliphatic heterocycles. The molecule has 1 N–H and O–H groups in total. The molecule has 4 amide bonds. The molecular formula is C25H28ClN3O5. The molecule has 180 valence electrons. The average Bonchev–Trinajstić information content (AvgIpc) is 3.02. The lowest BCUT2D eigenvalue weighted by Gasteiger charge is -2.48. The van der Waals surface area contributed by atoms with Crippen molar-refractivity contribution in [3.63, 3.8) is 0 Å². The number of hydrogen-bond donors (Lipinski definition) is 1. The second kappa shape index (κ2) is 9.85. The van der Waals surface area contributed by atoms with Crippen LogP contribution in [0, 0.1) is 12.8 Å². The number of rotatable bonds is 7. The predicted molar refractivity (Wildman–Crippen MR) is 127 cm³/mol. The van der Waals surface area contributed by atoms with Gasteiger partial charge < -0.3 is 4.74 Å². The number of methoxy groups -OCH3 is 1. The van der Waals surface area contributed by atoms with Gasteiger partial charge in [-0.3, -0.25) is 24.7 Å². The molecule has 0 bridgehead atoms. The summed E-state index contributed by atoms with van der Waals surface area (Å²) in [7, 11) is 2.65. The topological polar surface area (TPSA) is 96.0 Å². The van der Waals surface area contributed by atoms with Gasteiger partial charge in [0.05, 0.1) is 17.7 Å². The van der Waals surface area contributed by atoms with Crippen molar-refractivity contribution in [3.05, 3.63) is 70.2 Å². The molecule has 0 aromatic heterocycles. The zero-order valence-corrected chi connectivity index (χ0v) is 20.6. The Labute approximate surface area is 203 Å². The summed E-state index contributed by atoms with van der Waals surface area (Å²) in [5.41, 5.74) is -0.338. The number of imide groups is 1. The van der Waals surface area contributed by atoms with Crippen molar-refractivity contribution in [2.24, 2.45) is 5.92 Å². The van der Waals surface area contributed by atoms with Crippen LogP contribution in [0.15, 0.2) is 48.5 Å². The first-order chi connectivity index (χ1) is 16.1. The number of hydrogen-bond acceptors (Lipinski definition) is 5. The average molecular weight is 486 g/mol. The van der Waals surface area contributed by atoms with E-state index in [4.69, 9.17) is 16.3 Å². The maximum absolute atomic E-state index is 14.2. The van der Waals surface area contributed by atoms with E-state index in [1.807, 2.05) is 30.3 Å². The molecule has 0 unspecified atom stereocenters. The van der Waals surface area contributed by atoms with Gasteiger partial charge in [-0.1, -0.05) is 67.9 Å². The fourth-order valence-corrected chi connectivity index (χ4v) is 4.89. The molecule has 2 atom stereocenters. The summed E-state index contributed by atoms with van der Waals surface area (Å²) < 4.78 is 5.09. The third-order valence-corrected chi connectivity index (χ3v) is 6.57. The molecule has 0 aliphatic carbocycles. The highest BCUT2D eigenvalue weighted by atomic mass is 35.5. The number of urea groups is 1. The van der Waals surface area contributed by atoms with E-state index in [2.05, 4.69) is 5.32 Å². The number of aryl methyl sites for hydroxylation is 1. The molecule has 8 nitrogen and oxygen atoms in total. The summed E-state index contributed by atoms with van der Waals surface area (Å²) in [6.45, 7) is 5.14. The van der Waals surface area contributed by atoms with Gasteiger partial charge in [-0.25, -0.2) is 9.59 Å². The molecule has 0 saturated carbocycles. The lowest BCUT2D eigenvalue weighted by atomic mass is 9.88. The monoisotopic (exact) mass is 485 g/mol. The summed E-state index contributed by atoms with van der Waals surface area (Å²) in [4.78, 5) is 55.8. The van der Waals surface area contributed by atoms with Crippen molar-refractivity contribution >= 4 is 35.4 Å². The van der Waals surface area contributed by atoms with E-state index in [1.165, 1.54) is 24.0 Å². The number of halogens is 1. The van der Waals surface area contributed by atoms with E-state index in [0.29, 0.717) is 5.56 Å². The fraction of sp³-hybridized carbons (Fsp3) is 0.360. The normalized spacial score (nSPS) is 18.6. The standard InChI is InChI=1S/C25H28ClN3O5/c1-15(2)25(23(32)27-24(33)28(25)4)29(21(30)20-16(3)10-9-13-18(20)26)19(22(31)34-5)14-17-11-7-6-8-12-17/h6-13,15,19H,14H2,1-5H3,(H,27,32,33)/t19-,25-/m0/s1. The van der Waals surface area contributed by atoms with Crippen LogP contribution in [0.1, 0.15) is 35.3 Å². The predicted octanol–water partition coefficient (Wildman–Crippen LogP) is 3.41. The number of esters is 1. The third kappa shape index (κ3) is 4.14. The summed E-state index contributed by atoms with van der Waals surface area (Å²) in [6, 6.07) is 12.2. The van der Waals surface area contributed by atoms with Gasteiger partial charge in [0.2, 0.25) is 5.66 Å². The number of nitrogens with zero attached hydrogens (tertiary/aromatic N) is 2. The Kier molecular flexibility index (Phi) is 7.31. The van der Waals surface area contributed by atoms with Gasteiger partial charge >= 0.3 is 12.0 Å². The van der Waals surface area contributed by atoms with Crippen LogP contribution in [0.5, 0.6) is 0 Å². The third-order valence-electron chi connectivity index (χ3n) is 6.25. The van der Waals surface area contributed by atoms with Gasteiger partial charge in [0.15, 0.2) is 0 Å². The first-order valence-electron chi connectivity index (χ1n) is 10.9. The van der Waals surface area contributed by atoms with Gasteiger partial charge in [-0.15, -0.1) is 0 Å². The minimum absolute atomic E-state index is 0.0620. The Balaban J connectivity index is 2.32. The number of carbonyl (C=O) groups excluding carboxylic acids is 4. The summed E-state index contributed by atoms with van der Waals surface area (Å²) in [6.07, 6.45) is 0.0620. The Morgan fingerprint density at radius 3 is 2.26 bits per heavy atom. The molecule has 9 heteroatoms. The number of likely N-dealkylation sites (N-methyl/N-ethyl adjacent to an activating group) is 1. The Morgan fingerprint density at radius 1 is 1.12 bits per heavy atom. The summed E-state index contributed by atoms with van der Waals surface area (Å²) in [5.74, 6) is -2.66. The molecule has 2 aromatic carbocycles. The highest BCUT2D eigenvalue weighted by molar-refractivity contribution is 6.34. The van der Waals surface area contributed by atoms with E-state index < -0.39 is 41.4 Å². The molecular weight excluding hydrogens is 458 g/mol. The summed E-state index contributed by atoms with van der Waals surface area (Å²) >= 11 is 6.44. The van der Waals surface area contributed by atoms with Crippen molar-refractivity contribution in [3.8, 4) is 0 Å². The zero-order chi connectivity index (χ0) is 25.2. The van der Waals surface area contributed by atoms with Gasteiger partial charge in [0.1, 0.15) is 6.04 Å². The molecule has 1 aliphatic rings. The molecule has 1 heterocycles. The first-order valence-corrected chi connectivity index (χ1v) is 11.2. The molecule has 1 fully saturated rings. The van der Waals surface area contributed by atoms with Crippen LogP contribution in [-0.2, 0) is 20.7 Å². The van der Waals surface area contributed by atoms with Crippen molar-refractivity contribution in [1.82, 2.24) is 15.1 Å². The second-order valence-corrected chi connectivity index (χ2v) is 8.94. The zero-order valence-electron chi connectivity index (χ0n) is 19.8. The van der Waals surface area contributed by atoms with Crippen LogP contribution in [-0.4, -0.2) is 59.5 Å². The largest absolute Gasteiger partial charge is 0.467 e. The SMILES string of the molecule is COC(=O)[C@H](Cc1ccccc1)N(C(=O)c1c(C)cccc1Cl)[C@@]1(C(C)C)C(=O)NC(=O)N1C. The summed E-state index contributed by atoms with van der Waals surface area (Å²) in [5, 5.41) is 2.47. The highest BCUT2D eigenvalue weighted by Crippen LogP contribution is 2.38. The van der Waals surface area contributed by atoms with E-state index in [0.717, 1.165) is 5.56 Å². The van der Waals surface area contributed by atoms with Crippen LogP contribution in [0.3, 0.4) is 0 Å². The smallest absolute Gasteiger partial charge is 0.329 e. The maximum Gasteiger partial charge on any atom is 0.329 e. The highest BCUT2D eigenvalue weighted by Gasteiger charge is 2.62. The molecule has 1 saturated heterocycles. The Hall–Kier alpha value is -3.39. The van der Waals surface area contributed by atoms with Crippen molar-refractivity contribution in [2.45, 2.75) is 38.9 Å². The molecule has 0 radical (unpaired) electrons. The van der Waals surface area contributed by atoms with Crippen LogP contribution >= 0.6 is 11.6 Å². The molecule has 0 spiro atoms. The van der Waals surface area contributed by atoms with Crippen molar-refractivity contribution < 1.29 is 23.9 Å². The Bertz CT molecular complexity index is 1100. The van der Waals surface area contributed by atoms with Gasteiger partial charge in [0, 0.05) is 19.4 Å². The van der Waals surface area contributed by atoms with E-state index in [-0.39, 0.29) is 17.0 Å². The number of ether oxygens (including phenoxy) is 1. The second-order valence-electron chi connectivity index (χ2n) is 8.53. The first kappa shape index (κ1) is 25.2. The molecule has 34 heavy (non-hydrogen) atoms. The van der Waals surface area contributed by atoms with Crippen LogP contribution in [0.25, 0.3) is 0 Å². The van der Waals surface area contributed by atoms with Gasteiger partial charge in [-0.2, -0.15) is 0 Å². The fourth-order valence-electron chi connectivity index (χ4n) is 4.59. The maximum atomic E-state index is 14.2. The van der Waals surface area contributed by atoms with Crippen molar-refractivity contribution in [2.75, 3.05) is 14.2 Å². The van der Waals surface area contributed by atoms with Crippen molar-refractivity contribution in [1.29, 1.82) is 0 Å². The number of carbonyl (C=O) groups is 4. The lowest BCUT2D eigenvalue weighted by Crippen LogP contribution is -2.70.